The molecule has 0 spiro atoms. The fourth-order valence-electron chi connectivity index (χ4n) is 3.37. The van der Waals surface area contributed by atoms with Crippen LogP contribution in [-0.2, 0) is 5.41 Å². The molecule has 1 saturated heterocycles. The van der Waals surface area contributed by atoms with Crippen molar-refractivity contribution in [3.05, 3.63) is 59.9 Å². The van der Waals surface area contributed by atoms with Crippen LogP contribution in [0, 0.1) is 0 Å². The average molecular weight is 295 g/mol. The maximum Gasteiger partial charge on any atom is 0.252 e. The molecule has 1 unspecified atom stereocenters. The molecule has 0 radical (unpaired) electrons. The number of nitrogens with two attached hydrogens (primary N) is 1. The van der Waals surface area contributed by atoms with E-state index in [1.165, 1.54) is 5.56 Å². The Morgan fingerprint density at radius 1 is 1.27 bits per heavy atom. The molecule has 3 rings (SSSR count). The SMILES string of the molecule is CC1(c2ccccc2)CCCN(c2ccncc2C(N)=O)C1. The van der Waals surface area contributed by atoms with Crippen LogP contribution < -0.4 is 10.6 Å². The van der Waals surface area contributed by atoms with E-state index in [1.807, 2.05) is 12.1 Å². The zero-order valence-corrected chi connectivity index (χ0v) is 12.8. The second-order valence-corrected chi connectivity index (χ2v) is 6.21. The van der Waals surface area contributed by atoms with Crippen molar-refractivity contribution in [2.75, 3.05) is 18.0 Å². The molecule has 2 N–H and O–H groups in total. The van der Waals surface area contributed by atoms with Gasteiger partial charge in [-0.1, -0.05) is 37.3 Å². The van der Waals surface area contributed by atoms with E-state index < -0.39 is 5.91 Å². The number of nitrogens with zero attached hydrogens (tertiary/aromatic N) is 2. The highest BCUT2D eigenvalue weighted by atomic mass is 16.1. The molecule has 1 atom stereocenters. The van der Waals surface area contributed by atoms with Gasteiger partial charge in [-0.25, -0.2) is 0 Å². The molecule has 0 bridgehead atoms. The van der Waals surface area contributed by atoms with Crippen molar-refractivity contribution in [2.24, 2.45) is 5.73 Å². The van der Waals surface area contributed by atoms with Gasteiger partial charge in [-0.05, 0) is 24.5 Å². The summed E-state index contributed by atoms with van der Waals surface area (Å²) in [6.45, 7) is 4.10. The minimum Gasteiger partial charge on any atom is -0.370 e. The van der Waals surface area contributed by atoms with E-state index in [4.69, 9.17) is 5.73 Å². The molecule has 22 heavy (non-hydrogen) atoms. The first-order chi connectivity index (χ1) is 10.6. The first kappa shape index (κ1) is 14.6. The number of benzene rings is 1. The third-order valence-electron chi connectivity index (χ3n) is 4.57. The number of hydrogen-bond acceptors (Lipinski definition) is 3. The molecule has 2 aromatic rings. The van der Waals surface area contributed by atoms with Gasteiger partial charge in [0.2, 0.25) is 0 Å². The summed E-state index contributed by atoms with van der Waals surface area (Å²) in [5.41, 5.74) is 8.31. The Kier molecular flexibility index (Phi) is 3.84. The number of primary amides is 1. The van der Waals surface area contributed by atoms with E-state index in [9.17, 15) is 4.79 Å². The van der Waals surface area contributed by atoms with Crippen molar-refractivity contribution in [2.45, 2.75) is 25.2 Å². The van der Waals surface area contributed by atoms with Crippen molar-refractivity contribution in [1.82, 2.24) is 4.98 Å². The van der Waals surface area contributed by atoms with Crippen LogP contribution in [0.5, 0.6) is 0 Å². The van der Waals surface area contributed by atoms with Crippen LogP contribution in [0.2, 0.25) is 0 Å². The topological polar surface area (TPSA) is 59.2 Å². The largest absolute Gasteiger partial charge is 0.370 e. The van der Waals surface area contributed by atoms with E-state index >= 15 is 0 Å². The Bertz CT molecular complexity index is 671. The maximum absolute atomic E-state index is 11.7. The highest BCUT2D eigenvalue weighted by molar-refractivity contribution is 5.98. The maximum atomic E-state index is 11.7. The fourth-order valence-corrected chi connectivity index (χ4v) is 3.37. The van der Waals surface area contributed by atoms with E-state index in [2.05, 4.69) is 41.1 Å². The second-order valence-electron chi connectivity index (χ2n) is 6.21. The third kappa shape index (κ3) is 2.69. The molecular weight excluding hydrogens is 274 g/mol. The first-order valence-corrected chi connectivity index (χ1v) is 7.64. The zero-order valence-electron chi connectivity index (χ0n) is 12.8. The lowest BCUT2D eigenvalue weighted by Gasteiger charge is -2.42. The lowest BCUT2D eigenvalue weighted by molar-refractivity contribution is 0.1000. The number of aromatic nitrogens is 1. The molecule has 1 aromatic heterocycles. The molecule has 4 nitrogen and oxygen atoms in total. The van der Waals surface area contributed by atoms with E-state index in [-0.39, 0.29) is 5.41 Å². The van der Waals surface area contributed by atoms with Crippen molar-refractivity contribution < 1.29 is 4.79 Å². The minimum absolute atomic E-state index is 0.0810. The van der Waals surface area contributed by atoms with E-state index in [0.29, 0.717) is 5.56 Å². The number of carbonyl (C=O) groups is 1. The Labute approximate surface area is 131 Å². The predicted octanol–water partition coefficient (Wildman–Crippen LogP) is 2.74. The second kappa shape index (κ2) is 5.79. The van der Waals surface area contributed by atoms with Crippen LogP contribution in [0.1, 0.15) is 35.7 Å². The monoisotopic (exact) mass is 295 g/mol. The van der Waals surface area contributed by atoms with Gasteiger partial charge in [0.25, 0.3) is 5.91 Å². The van der Waals surface area contributed by atoms with Crippen LogP contribution in [0.3, 0.4) is 0 Å². The molecule has 1 aromatic carbocycles. The lowest BCUT2D eigenvalue weighted by Crippen LogP contribution is -2.45. The Hall–Kier alpha value is -2.36. The molecule has 1 aliphatic heterocycles. The number of pyridine rings is 1. The van der Waals surface area contributed by atoms with Gasteiger partial charge in [0.05, 0.1) is 11.3 Å². The molecule has 0 saturated carbocycles. The summed E-state index contributed by atoms with van der Waals surface area (Å²) in [6.07, 6.45) is 5.51. The van der Waals surface area contributed by atoms with E-state index in [0.717, 1.165) is 31.6 Å². The van der Waals surface area contributed by atoms with E-state index in [1.54, 1.807) is 12.4 Å². The van der Waals surface area contributed by atoms with Gasteiger partial charge >= 0.3 is 0 Å². The van der Waals surface area contributed by atoms with Gasteiger partial charge in [-0.3, -0.25) is 9.78 Å². The summed E-state index contributed by atoms with van der Waals surface area (Å²) in [6, 6.07) is 12.5. The number of rotatable bonds is 3. The summed E-state index contributed by atoms with van der Waals surface area (Å²) in [5, 5.41) is 0. The molecule has 1 fully saturated rings. The standard InChI is InChI=1S/C18H21N3O/c1-18(14-6-3-2-4-7-14)9-5-11-21(13-18)16-8-10-20-12-15(16)17(19)22/h2-4,6-8,10,12H,5,9,11,13H2,1H3,(H2,19,22). The molecule has 0 aliphatic carbocycles. The average Bonchev–Trinajstić information content (AvgIpc) is 2.56. The van der Waals surface area contributed by atoms with Gasteiger partial charge < -0.3 is 10.6 Å². The lowest BCUT2D eigenvalue weighted by atomic mass is 9.76. The normalized spacial score (nSPS) is 21.6. The van der Waals surface area contributed by atoms with Crippen LogP contribution in [0.25, 0.3) is 0 Å². The van der Waals surface area contributed by atoms with Crippen LogP contribution in [0.15, 0.2) is 48.8 Å². The van der Waals surface area contributed by atoms with Crippen LogP contribution in [0.4, 0.5) is 5.69 Å². The summed E-state index contributed by atoms with van der Waals surface area (Å²) in [4.78, 5) is 17.9. The summed E-state index contributed by atoms with van der Waals surface area (Å²) in [5.74, 6) is -0.421. The number of piperidine rings is 1. The number of carbonyl (C=O) groups excluding carboxylic acids is 1. The zero-order chi connectivity index (χ0) is 15.6. The predicted molar refractivity (Wildman–Crippen MR) is 88.0 cm³/mol. The molecule has 114 valence electrons. The number of hydrogen-bond donors (Lipinski definition) is 1. The highest BCUT2D eigenvalue weighted by Gasteiger charge is 2.33. The van der Waals surface area contributed by atoms with Crippen LogP contribution in [-0.4, -0.2) is 24.0 Å². The summed E-state index contributed by atoms with van der Waals surface area (Å²) < 4.78 is 0. The molecule has 4 heteroatoms. The first-order valence-electron chi connectivity index (χ1n) is 7.64. The van der Waals surface area contributed by atoms with Crippen molar-refractivity contribution in [3.63, 3.8) is 0 Å². The summed E-state index contributed by atoms with van der Waals surface area (Å²) in [7, 11) is 0. The fraction of sp³-hybridized carbons (Fsp3) is 0.333. The molecule has 1 amide bonds. The van der Waals surface area contributed by atoms with Crippen molar-refractivity contribution in [1.29, 1.82) is 0 Å². The number of amides is 1. The van der Waals surface area contributed by atoms with Crippen molar-refractivity contribution in [3.8, 4) is 0 Å². The van der Waals surface area contributed by atoms with Gasteiger partial charge in [-0.15, -0.1) is 0 Å². The molecular formula is C18H21N3O. The molecule has 2 heterocycles. The smallest absolute Gasteiger partial charge is 0.252 e. The van der Waals surface area contributed by atoms with Crippen LogP contribution >= 0.6 is 0 Å². The third-order valence-corrected chi connectivity index (χ3v) is 4.57. The van der Waals surface area contributed by atoms with Gasteiger partial charge in [-0.2, -0.15) is 0 Å². The van der Waals surface area contributed by atoms with Crippen molar-refractivity contribution >= 4 is 11.6 Å². The Morgan fingerprint density at radius 3 is 2.77 bits per heavy atom. The Morgan fingerprint density at radius 2 is 2.05 bits per heavy atom. The van der Waals surface area contributed by atoms with Gasteiger partial charge in [0, 0.05) is 30.9 Å². The number of anilines is 1. The minimum atomic E-state index is -0.421. The molecule has 1 aliphatic rings. The highest BCUT2D eigenvalue weighted by Crippen LogP contribution is 2.36. The quantitative estimate of drug-likeness (QED) is 0.947. The Balaban J connectivity index is 1.93. The summed E-state index contributed by atoms with van der Waals surface area (Å²) >= 11 is 0. The van der Waals surface area contributed by atoms with Gasteiger partial charge in [0.1, 0.15) is 0 Å². The van der Waals surface area contributed by atoms with Gasteiger partial charge in [0.15, 0.2) is 0 Å².